The summed E-state index contributed by atoms with van der Waals surface area (Å²) in [4.78, 5) is 3.40. The SMILES string of the molecule is CS(=O)(=O)Nc1cc(CC(O)NCCOc2ccc3c(c2)[nH]c2ccccc23)ccc1Br. The molecule has 3 aromatic carbocycles. The predicted molar refractivity (Wildman–Crippen MR) is 132 cm³/mol. The van der Waals surface area contributed by atoms with Gasteiger partial charge in [-0.2, -0.15) is 0 Å². The van der Waals surface area contributed by atoms with Crippen LogP contribution in [0.3, 0.4) is 0 Å². The number of benzene rings is 3. The van der Waals surface area contributed by atoms with Crippen LogP contribution in [0.4, 0.5) is 5.69 Å². The Labute approximate surface area is 195 Å². The van der Waals surface area contributed by atoms with Gasteiger partial charge in [-0.1, -0.05) is 24.3 Å². The van der Waals surface area contributed by atoms with E-state index in [-0.39, 0.29) is 0 Å². The molecule has 1 unspecified atom stereocenters. The quantitative estimate of drug-likeness (QED) is 0.198. The fourth-order valence-electron chi connectivity index (χ4n) is 3.59. The second kappa shape index (κ2) is 9.50. The van der Waals surface area contributed by atoms with Crippen LogP contribution in [-0.2, 0) is 16.4 Å². The van der Waals surface area contributed by atoms with Crippen LogP contribution >= 0.6 is 15.9 Å². The molecule has 168 valence electrons. The van der Waals surface area contributed by atoms with E-state index in [0.717, 1.165) is 34.0 Å². The van der Waals surface area contributed by atoms with Crippen molar-refractivity contribution in [3.8, 4) is 5.75 Å². The van der Waals surface area contributed by atoms with Gasteiger partial charge in [-0.3, -0.25) is 10.0 Å². The molecule has 0 bridgehead atoms. The normalized spacial score (nSPS) is 12.8. The van der Waals surface area contributed by atoms with Crippen molar-refractivity contribution in [2.45, 2.75) is 12.6 Å². The van der Waals surface area contributed by atoms with Gasteiger partial charge < -0.3 is 14.8 Å². The fraction of sp³-hybridized carbons (Fsp3) is 0.217. The lowest BCUT2D eigenvalue weighted by molar-refractivity contribution is 0.130. The first-order valence-corrected chi connectivity index (χ1v) is 12.8. The summed E-state index contributed by atoms with van der Waals surface area (Å²) in [7, 11) is -3.39. The highest BCUT2D eigenvalue weighted by atomic mass is 79.9. The van der Waals surface area contributed by atoms with E-state index >= 15 is 0 Å². The highest BCUT2D eigenvalue weighted by Gasteiger charge is 2.10. The molecule has 0 saturated heterocycles. The third kappa shape index (κ3) is 5.60. The van der Waals surface area contributed by atoms with Crippen molar-refractivity contribution in [3.05, 3.63) is 70.7 Å². The lowest BCUT2D eigenvalue weighted by atomic mass is 10.1. The number of rotatable bonds is 9. The summed E-state index contributed by atoms with van der Waals surface area (Å²) in [6.45, 7) is 0.848. The molecule has 0 saturated carbocycles. The molecule has 0 radical (unpaired) electrons. The largest absolute Gasteiger partial charge is 0.492 e. The highest BCUT2D eigenvalue weighted by Crippen LogP contribution is 2.28. The summed E-state index contributed by atoms with van der Waals surface area (Å²) in [6.07, 6.45) is 0.632. The lowest BCUT2D eigenvalue weighted by Crippen LogP contribution is -2.34. The third-order valence-corrected chi connectivity index (χ3v) is 6.27. The first-order chi connectivity index (χ1) is 15.3. The summed E-state index contributed by atoms with van der Waals surface area (Å²) in [5, 5.41) is 15.6. The van der Waals surface area contributed by atoms with Gasteiger partial charge >= 0.3 is 0 Å². The maximum absolute atomic E-state index is 11.5. The average molecular weight is 518 g/mol. The van der Waals surface area contributed by atoms with Gasteiger partial charge in [-0.15, -0.1) is 0 Å². The predicted octanol–water partition coefficient (Wildman–Crippen LogP) is 3.98. The Morgan fingerprint density at radius 3 is 2.66 bits per heavy atom. The van der Waals surface area contributed by atoms with Crippen LogP contribution in [0.5, 0.6) is 5.75 Å². The van der Waals surface area contributed by atoms with Gasteiger partial charge in [0.2, 0.25) is 10.0 Å². The van der Waals surface area contributed by atoms with Crippen molar-refractivity contribution in [2.75, 3.05) is 24.1 Å². The van der Waals surface area contributed by atoms with Crippen LogP contribution in [0.2, 0.25) is 0 Å². The molecule has 4 rings (SSSR count). The molecule has 32 heavy (non-hydrogen) atoms. The number of aromatic amines is 1. The summed E-state index contributed by atoms with van der Waals surface area (Å²) >= 11 is 3.32. The number of para-hydroxylation sites is 1. The Kier molecular flexibility index (Phi) is 6.71. The van der Waals surface area contributed by atoms with Gasteiger partial charge in [0, 0.05) is 39.8 Å². The molecule has 0 aliphatic heterocycles. The number of ether oxygens (including phenoxy) is 1. The molecule has 0 aliphatic rings. The molecule has 4 N–H and O–H groups in total. The third-order valence-electron chi connectivity index (χ3n) is 4.98. The highest BCUT2D eigenvalue weighted by molar-refractivity contribution is 9.10. The van der Waals surface area contributed by atoms with E-state index in [0.29, 0.717) is 29.7 Å². The number of aliphatic hydroxyl groups excluding tert-OH is 1. The van der Waals surface area contributed by atoms with Gasteiger partial charge in [-0.25, -0.2) is 8.42 Å². The zero-order chi connectivity index (χ0) is 22.7. The van der Waals surface area contributed by atoms with Crippen LogP contribution in [-0.4, -0.2) is 44.1 Å². The standard InChI is InChI=1S/C23H24BrN3O4S/c1-32(29,30)27-22-12-15(6-9-19(22)24)13-23(28)25-10-11-31-16-7-8-18-17-4-2-3-5-20(17)26-21(18)14-16/h2-9,12,14,23,25-28H,10-11,13H2,1H3. The van der Waals surface area contributed by atoms with Gasteiger partial charge in [0.25, 0.3) is 0 Å². The number of H-pyrrole nitrogens is 1. The maximum Gasteiger partial charge on any atom is 0.229 e. The smallest absolute Gasteiger partial charge is 0.229 e. The zero-order valence-corrected chi connectivity index (χ0v) is 19.8. The fourth-order valence-corrected chi connectivity index (χ4v) is 4.64. The number of fused-ring (bicyclic) bond motifs is 3. The minimum atomic E-state index is -3.39. The topological polar surface area (TPSA) is 103 Å². The van der Waals surface area contributed by atoms with Crippen molar-refractivity contribution in [2.24, 2.45) is 0 Å². The molecule has 0 amide bonds. The minimum absolute atomic E-state index is 0.326. The summed E-state index contributed by atoms with van der Waals surface area (Å²) in [5.41, 5.74) is 3.34. The number of anilines is 1. The lowest BCUT2D eigenvalue weighted by Gasteiger charge is -2.15. The van der Waals surface area contributed by atoms with Crippen molar-refractivity contribution in [3.63, 3.8) is 0 Å². The van der Waals surface area contributed by atoms with E-state index in [2.05, 4.69) is 37.0 Å². The van der Waals surface area contributed by atoms with Gasteiger partial charge in [0.05, 0.1) is 17.5 Å². The van der Waals surface area contributed by atoms with E-state index in [9.17, 15) is 13.5 Å². The number of nitrogens with one attached hydrogen (secondary N) is 3. The van der Waals surface area contributed by atoms with Crippen LogP contribution in [0, 0.1) is 0 Å². The number of aromatic nitrogens is 1. The van der Waals surface area contributed by atoms with E-state index in [1.54, 1.807) is 12.1 Å². The van der Waals surface area contributed by atoms with Gasteiger partial charge in [0.1, 0.15) is 18.6 Å². The number of halogens is 1. The molecule has 0 fully saturated rings. The maximum atomic E-state index is 11.5. The Morgan fingerprint density at radius 2 is 1.84 bits per heavy atom. The van der Waals surface area contributed by atoms with Crippen LogP contribution < -0.4 is 14.8 Å². The van der Waals surface area contributed by atoms with Crippen molar-refractivity contribution >= 4 is 53.4 Å². The summed E-state index contributed by atoms with van der Waals surface area (Å²) < 4.78 is 31.9. The number of sulfonamides is 1. The molecule has 0 spiro atoms. The van der Waals surface area contributed by atoms with Crippen molar-refractivity contribution < 1.29 is 18.3 Å². The molecule has 7 nitrogen and oxygen atoms in total. The number of aliphatic hydroxyl groups is 1. The van der Waals surface area contributed by atoms with Crippen LogP contribution in [0.1, 0.15) is 5.56 Å². The molecular formula is C23H24BrN3O4S. The van der Waals surface area contributed by atoms with E-state index < -0.39 is 16.3 Å². The van der Waals surface area contributed by atoms with Gasteiger partial charge in [-0.05, 0) is 51.8 Å². The van der Waals surface area contributed by atoms with Gasteiger partial charge in [0.15, 0.2) is 0 Å². The Morgan fingerprint density at radius 1 is 1.06 bits per heavy atom. The van der Waals surface area contributed by atoms with Crippen molar-refractivity contribution in [1.29, 1.82) is 0 Å². The summed E-state index contributed by atoms with van der Waals surface area (Å²) in [5.74, 6) is 0.754. The monoisotopic (exact) mass is 517 g/mol. The summed E-state index contributed by atoms with van der Waals surface area (Å²) in [6, 6.07) is 19.4. The Hall–Kier alpha value is -2.59. The Bertz CT molecular complexity index is 1350. The Balaban J connectivity index is 1.29. The molecule has 9 heteroatoms. The van der Waals surface area contributed by atoms with Crippen LogP contribution in [0.25, 0.3) is 21.8 Å². The van der Waals surface area contributed by atoms with Crippen molar-refractivity contribution in [1.82, 2.24) is 10.3 Å². The van der Waals surface area contributed by atoms with Crippen LogP contribution in [0.15, 0.2) is 65.1 Å². The zero-order valence-electron chi connectivity index (χ0n) is 17.4. The molecule has 1 aromatic heterocycles. The first kappa shape index (κ1) is 22.6. The second-order valence-electron chi connectivity index (χ2n) is 7.59. The average Bonchev–Trinajstić information content (AvgIpc) is 3.10. The van der Waals surface area contributed by atoms with E-state index in [1.807, 2.05) is 42.5 Å². The number of hydrogen-bond donors (Lipinski definition) is 4. The second-order valence-corrected chi connectivity index (χ2v) is 10.2. The van der Waals surface area contributed by atoms with E-state index in [4.69, 9.17) is 4.74 Å². The molecular weight excluding hydrogens is 494 g/mol. The molecule has 4 aromatic rings. The number of hydrogen-bond acceptors (Lipinski definition) is 5. The molecule has 0 aliphatic carbocycles. The van der Waals surface area contributed by atoms with E-state index in [1.165, 1.54) is 5.39 Å². The molecule has 1 atom stereocenters. The molecule has 1 heterocycles. The minimum Gasteiger partial charge on any atom is -0.492 e. The first-order valence-electron chi connectivity index (χ1n) is 10.1.